The summed E-state index contributed by atoms with van der Waals surface area (Å²) in [5.41, 5.74) is 14.2. The van der Waals surface area contributed by atoms with Crippen molar-refractivity contribution in [3.05, 3.63) is 11.3 Å². The third-order valence-electron chi connectivity index (χ3n) is 3.55. The Hall–Kier alpha value is -1.31. The highest BCUT2D eigenvalue weighted by atomic mass is 16.6. The number of carbonyl (C=O) groups is 1. The van der Waals surface area contributed by atoms with Crippen LogP contribution >= 0.6 is 0 Å². The highest BCUT2D eigenvalue weighted by Crippen LogP contribution is 2.27. The average molecular weight is 239 g/mol. The van der Waals surface area contributed by atoms with Crippen molar-refractivity contribution in [3.63, 3.8) is 0 Å². The van der Waals surface area contributed by atoms with Crippen LogP contribution in [0.5, 0.6) is 0 Å². The zero-order valence-corrected chi connectivity index (χ0v) is 9.61. The molecule has 94 valence electrons. The van der Waals surface area contributed by atoms with E-state index in [9.17, 15) is 4.79 Å². The molecular weight excluding hydrogens is 222 g/mol. The number of hydrazine groups is 1. The molecule has 3 aliphatic rings. The minimum absolute atomic E-state index is 0.340. The SMILES string of the molecule is NC(=O)N1CCC2NN3CCONCC3=C2C1. The van der Waals surface area contributed by atoms with E-state index < -0.39 is 0 Å². The standard InChI is InChI=1S/C10H17N5O2/c11-10(16)14-2-1-8-7(6-14)9-5-12-17-4-3-15(9)13-8/h8,12-13H,1-6H2,(H2,11,16). The molecule has 17 heavy (non-hydrogen) atoms. The van der Waals surface area contributed by atoms with Crippen LogP contribution in [0.3, 0.4) is 0 Å². The molecule has 3 aliphatic heterocycles. The smallest absolute Gasteiger partial charge is 0.315 e. The minimum atomic E-state index is -0.340. The van der Waals surface area contributed by atoms with Crippen LogP contribution in [0.25, 0.3) is 0 Å². The quantitative estimate of drug-likeness (QED) is 0.492. The molecule has 2 amide bonds. The second-order valence-corrected chi connectivity index (χ2v) is 4.52. The summed E-state index contributed by atoms with van der Waals surface area (Å²) in [5, 5.41) is 2.13. The van der Waals surface area contributed by atoms with Crippen molar-refractivity contribution in [2.75, 3.05) is 32.8 Å². The van der Waals surface area contributed by atoms with Crippen molar-refractivity contribution >= 4 is 6.03 Å². The Morgan fingerprint density at radius 2 is 2.35 bits per heavy atom. The second kappa shape index (κ2) is 4.17. The third-order valence-corrected chi connectivity index (χ3v) is 3.55. The van der Waals surface area contributed by atoms with Gasteiger partial charge in [-0.15, -0.1) is 0 Å². The highest BCUT2D eigenvalue weighted by molar-refractivity contribution is 5.72. The van der Waals surface area contributed by atoms with E-state index in [0.717, 1.165) is 19.5 Å². The first-order valence-corrected chi connectivity index (χ1v) is 5.90. The summed E-state index contributed by atoms with van der Waals surface area (Å²) in [6.07, 6.45) is 0.916. The van der Waals surface area contributed by atoms with Crippen LogP contribution < -0.4 is 16.6 Å². The lowest BCUT2D eigenvalue weighted by molar-refractivity contribution is 0.0510. The maximum atomic E-state index is 11.2. The fraction of sp³-hybridized carbons (Fsp3) is 0.700. The van der Waals surface area contributed by atoms with Crippen molar-refractivity contribution in [1.82, 2.24) is 20.8 Å². The Bertz CT molecular complexity index is 370. The molecule has 2 saturated heterocycles. The molecule has 7 nitrogen and oxygen atoms in total. The van der Waals surface area contributed by atoms with Gasteiger partial charge in [0.2, 0.25) is 0 Å². The lowest BCUT2D eigenvalue weighted by Gasteiger charge is -2.30. The van der Waals surface area contributed by atoms with E-state index in [4.69, 9.17) is 10.6 Å². The summed E-state index contributed by atoms with van der Waals surface area (Å²) in [6, 6.07) is 0.00771. The molecule has 3 heterocycles. The summed E-state index contributed by atoms with van der Waals surface area (Å²) in [4.78, 5) is 18.1. The van der Waals surface area contributed by atoms with Gasteiger partial charge in [-0.25, -0.2) is 10.2 Å². The van der Waals surface area contributed by atoms with Gasteiger partial charge >= 0.3 is 6.03 Å². The molecule has 1 atom stereocenters. The first-order valence-electron chi connectivity index (χ1n) is 5.90. The van der Waals surface area contributed by atoms with Crippen LogP contribution in [0.4, 0.5) is 4.79 Å². The number of urea groups is 1. The maximum absolute atomic E-state index is 11.2. The molecule has 3 rings (SSSR count). The number of amides is 2. The molecule has 4 N–H and O–H groups in total. The fourth-order valence-corrected chi connectivity index (χ4v) is 2.65. The number of hydrogen-bond acceptors (Lipinski definition) is 5. The molecule has 0 bridgehead atoms. The van der Waals surface area contributed by atoms with Gasteiger partial charge in [-0.3, -0.25) is 4.84 Å². The van der Waals surface area contributed by atoms with Gasteiger partial charge in [-0.2, -0.15) is 5.48 Å². The minimum Gasteiger partial charge on any atom is -0.351 e. The van der Waals surface area contributed by atoms with Gasteiger partial charge in [-0.1, -0.05) is 0 Å². The zero-order chi connectivity index (χ0) is 11.8. The molecule has 0 aromatic heterocycles. The van der Waals surface area contributed by atoms with Crippen LogP contribution in [-0.2, 0) is 4.84 Å². The van der Waals surface area contributed by atoms with Gasteiger partial charge in [0, 0.05) is 18.8 Å². The predicted octanol–water partition coefficient (Wildman–Crippen LogP) is -1.25. The number of hydroxylamine groups is 1. The van der Waals surface area contributed by atoms with E-state index in [-0.39, 0.29) is 6.03 Å². The first kappa shape index (κ1) is 10.8. The Morgan fingerprint density at radius 3 is 3.18 bits per heavy atom. The summed E-state index contributed by atoms with van der Waals surface area (Å²) in [5.74, 6) is 0. The molecule has 7 heteroatoms. The topological polar surface area (TPSA) is 82.9 Å². The number of rotatable bonds is 0. The molecule has 0 aromatic carbocycles. The van der Waals surface area contributed by atoms with Crippen LogP contribution in [0.2, 0.25) is 0 Å². The number of nitrogens with zero attached hydrogens (tertiary/aromatic N) is 2. The van der Waals surface area contributed by atoms with Crippen molar-refractivity contribution in [3.8, 4) is 0 Å². The van der Waals surface area contributed by atoms with Gasteiger partial charge in [0.25, 0.3) is 0 Å². The van der Waals surface area contributed by atoms with Gasteiger partial charge in [0.1, 0.15) is 0 Å². The molecule has 2 fully saturated rings. The highest BCUT2D eigenvalue weighted by Gasteiger charge is 2.36. The molecule has 0 aliphatic carbocycles. The number of primary amides is 1. The number of hydrogen-bond donors (Lipinski definition) is 3. The Balaban J connectivity index is 1.84. The Morgan fingerprint density at radius 1 is 1.47 bits per heavy atom. The van der Waals surface area contributed by atoms with Crippen molar-refractivity contribution in [2.24, 2.45) is 5.73 Å². The molecule has 0 spiro atoms. The van der Waals surface area contributed by atoms with Crippen molar-refractivity contribution < 1.29 is 9.63 Å². The van der Waals surface area contributed by atoms with Gasteiger partial charge in [0.05, 0.1) is 25.7 Å². The number of likely N-dealkylation sites (tertiary alicyclic amines) is 1. The van der Waals surface area contributed by atoms with Gasteiger partial charge in [-0.05, 0) is 12.0 Å². The van der Waals surface area contributed by atoms with Gasteiger partial charge < -0.3 is 15.6 Å². The number of piperidine rings is 1. The van der Waals surface area contributed by atoms with Crippen LogP contribution in [0, 0.1) is 0 Å². The molecule has 0 aromatic rings. The van der Waals surface area contributed by atoms with Gasteiger partial charge in [0.15, 0.2) is 0 Å². The summed E-state index contributed by atoms with van der Waals surface area (Å²) in [6.45, 7) is 3.49. The monoisotopic (exact) mass is 239 g/mol. The van der Waals surface area contributed by atoms with E-state index in [1.54, 1.807) is 4.90 Å². The molecular formula is C10H17N5O2. The van der Waals surface area contributed by atoms with E-state index in [2.05, 4.69) is 15.9 Å². The van der Waals surface area contributed by atoms with E-state index >= 15 is 0 Å². The largest absolute Gasteiger partial charge is 0.351 e. The maximum Gasteiger partial charge on any atom is 0.315 e. The van der Waals surface area contributed by atoms with Crippen LogP contribution in [0.15, 0.2) is 11.3 Å². The Labute approximate surface area is 99.5 Å². The number of carbonyl (C=O) groups excluding carboxylic acids is 1. The van der Waals surface area contributed by atoms with E-state index in [1.165, 1.54) is 11.3 Å². The number of nitrogens with two attached hydrogens (primary N) is 1. The molecule has 0 saturated carbocycles. The third kappa shape index (κ3) is 1.86. The predicted molar refractivity (Wildman–Crippen MR) is 60.4 cm³/mol. The lowest BCUT2D eigenvalue weighted by Crippen LogP contribution is -2.47. The summed E-state index contributed by atoms with van der Waals surface area (Å²) < 4.78 is 0. The number of fused-ring (bicyclic) bond motifs is 2. The number of nitrogens with one attached hydrogen (secondary N) is 2. The zero-order valence-electron chi connectivity index (χ0n) is 9.61. The van der Waals surface area contributed by atoms with Crippen LogP contribution in [0.1, 0.15) is 6.42 Å². The summed E-state index contributed by atoms with van der Waals surface area (Å²) >= 11 is 0. The fourth-order valence-electron chi connectivity index (χ4n) is 2.65. The van der Waals surface area contributed by atoms with Crippen LogP contribution in [-0.4, -0.2) is 54.8 Å². The molecule has 0 radical (unpaired) electrons. The second-order valence-electron chi connectivity index (χ2n) is 4.52. The lowest BCUT2D eigenvalue weighted by atomic mass is 9.99. The average Bonchev–Trinajstić information content (AvgIpc) is 2.51. The molecule has 1 unspecified atom stereocenters. The van der Waals surface area contributed by atoms with E-state index in [1.807, 2.05) is 0 Å². The first-order chi connectivity index (χ1) is 8.25. The summed E-state index contributed by atoms with van der Waals surface area (Å²) in [7, 11) is 0. The van der Waals surface area contributed by atoms with Crippen molar-refractivity contribution in [2.45, 2.75) is 12.5 Å². The van der Waals surface area contributed by atoms with E-state index in [0.29, 0.717) is 25.7 Å². The Kier molecular flexibility index (Phi) is 2.65. The van der Waals surface area contributed by atoms with Crippen molar-refractivity contribution in [1.29, 1.82) is 0 Å². The normalized spacial score (nSPS) is 28.8.